The van der Waals surface area contributed by atoms with Gasteiger partial charge in [-0.2, -0.15) is 0 Å². The molecule has 0 N–H and O–H groups in total. The lowest BCUT2D eigenvalue weighted by Gasteiger charge is -2.25. The van der Waals surface area contributed by atoms with Gasteiger partial charge in [-0.25, -0.2) is 9.79 Å². The van der Waals surface area contributed by atoms with E-state index >= 15 is 0 Å². The van der Waals surface area contributed by atoms with E-state index in [9.17, 15) is 9.59 Å². The SMILES string of the molecule is CCOC(=O)C1=C(c2ccccc2)N=c2s/c(=C\c3ccc(OCc4ccc(Br)cc4)c(OCC)c3)c(=O)n2[C@@H]1c1ccc(Cl)cc1. The van der Waals surface area contributed by atoms with Gasteiger partial charge >= 0.3 is 5.97 Å². The molecule has 1 aliphatic heterocycles. The van der Waals surface area contributed by atoms with Crippen LogP contribution in [0.1, 0.15) is 42.1 Å². The number of hydrogen-bond acceptors (Lipinski definition) is 7. The first kappa shape index (κ1) is 32.5. The Bertz CT molecular complexity index is 2130. The van der Waals surface area contributed by atoms with Gasteiger partial charge in [-0.1, -0.05) is 99.5 Å². The van der Waals surface area contributed by atoms with E-state index in [-0.39, 0.29) is 17.7 Å². The van der Waals surface area contributed by atoms with E-state index in [4.69, 9.17) is 30.8 Å². The summed E-state index contributed by atoms with van der Waals surface area (Å²) in [5.74, 6) is 0.633. The molecule has 238 valence electrons. The molecule has 7 nitrogen and oxygen atoms in total. The van der Waals surface area contributed by atoms with Crippen LogP contribution in [0.3, 0.4) is 0 Å². The average Bonchev–Trinajstić information content (AvgIpc) is 3.39. The van der Waals surface area contributed by atoms with E-state index in [0.29, 0.717) is 50.3 Å². The van der Waals surface area contributed by atoms with E-state index in [2.05, 4.69) is 15.9 Å². The molecule has 2 heterocycles. The van der Waals surface area contributed by atoms with Crippen molar-refractivity contribution < 1.29 is 19.0 Å². The fraction of sp³-hybridized carbons (Fsp3) is 0.162. The fourth-order valence-electron chi connectivity index (χ4n) is 5.30. The van der Waals surface area contributed by atoms with Crippen molar-refractivity contribution in [3.8, 4) is 11.5 Å². The third-order valence-corrected chi connectivity index (χ3v) is 9.20. The minimum Gasteiger partial charge on any atom is -0.490 e. The summed E-state index contributed by atoms with van der Waals surface area (Å²) in [6.45, 7) is 4.66. The summed E-state index contributed by atoms with van der Waals surface area (Å²) in [4.78, 5) is 33.2. The second kappa shape index (κ2) is 14.5. The first-order valence-corrected chi connectivity index (χ1v) is 17.0. The molecule has 0 saturated carbocycles. The van der Waals surface area contributed by atoms with Crippen molar-refractivity contribution >= 4 is 56.6 Å². The first-order valence-electron chi connectivity index (χ1n) is 15.0. The number of hydrogen-bond donors (Lipinski definition) is 0. The highest BCUT2D eigenvalue weighted by Gasteiger charge is 2.35. The molecule has 0 radical (unpaired) electrons. The van der Waals surface area contributed by atoms with Crippen molar-refractivity contribution in [2.75, 3.05) is 13.2 Å². The van der Waals surface area contributed by atoms with Crippen LogP contribution in [0.5, 0.6) is 11.5 Å². The lowest BCUT2D eigenvalue weighted by molar-refractivity contribution is -0.138. The summed E-state index contributed by atoms with van der Waals surface area (Å²) < 4.78 is 20.6. The van der Waals surface area contributed by atoms with Crippen LogP contribution >= 0.6 is 38.9 Å². The molecule has 5 aromatic rings. The maximum Gasteiger partial charge on any atom is 0.338 e. The molecular formula is C37H30BrClN2O5S. The first-order chi connectivity index (χ1) is 22.9. The van der Waals surface area contributed by atoms with Gasteiger partial charge in [-0.3, -0.25) is 9.36 Å². The highest BCUT2D eigenvalue weighted by molar-refractivity contribution is 9.10. The minimum absolute atomic E-state index is 0.174. The number of carbonyl (C=O) groups is 1. The Balaban J connectivity index is 1.47. The van der Waals surface area contributed by atoms with Crippen LogP contribution in [0.2, 0.25) is 5.02 Å². The number of halogens is 2. The number of benzene rings is 4. The number of aromatic nitrogens is 1. The second-order valence-corrected chi connectivity index (χ2v) is 12.9. The van der Waals surface area contributed by atoms with Gasteiger partial charge < -0.3 is 14.2 Å². The molecule has 0 unspecified atom stereocenters. The largest absolute Gasteiger partial charge is 0.490 e. The Morgan fingerprint density at radius 3 is 2.38 bits per heavy atom. The molecule has 0 aliphatic carbocycles. The summed E-state index contributed by atoms with van der Waals surface area (Å²) in [6.07, 6.45) is 1.81. The third-order valence-electron chi connectivity index (χ3n) is 7.43. The summed E-state index contributed by atoms with van der Waals surface area (Å²) in [7, 11) is 0. The topological polar surface area (TPSA) is 79.1 Å². The molecule has 1 atom stereocenters. The predicted octanol–water partition coefficient (Wildman–Crippen LogP) is 7.33. The average molecular weight is 730 g/mol. The van der Waals surface area contributed by atoms with Crippen LogP contribution in [-0.4, -0.2) is 23.8 Å². The van der Waals surface area contributed by atoms with Gasteiger partial charge in [0.1, 0.15) is 6.61 Å². The van der Waals surface area contributed by atoms with Gasteiger partial charge in [-0.15, -0.1) is 0 Å². The van der Waals surface area contributed by atoms with E-state index in [0.717, 1.165) is 21.2 Å². The molecule has 1 aromatic heterocycles. The lowest BCUT2D eigenvalue weighted by Crippen LogP contribution is -2.40. The molecule has 0 bridgehead atoms. The van der Waals surface area contributed by atoms with E-state index in [1.807, 2.05) is 91.9 Å². The highest BCUT2D eigenvalue weighted by Crippen LogP contribution is 2.36. The Morgan fingerprint density at radius 2 is 1.68 bits per heavy atom. The van der Waals surface area contributed by atoms with Crippen molar-refractivity contribution in [2.24, 2.45) is 4.99 Å². The molecule has 4 aromatic carbocycles. The van der Waals surface area contributed by atoms with Gasteiger partial charge in [0.25, 0.3) is 5.56 Å². The van der Waals surface area contributed by atoms with Crippen molar-refractivity contribution in [1.29, 1.82) is 0 Å². The fourth-order valence-corrected chi connectivity index (χ4v) is 6.69. The Kier molecular flexibility index (Phi) is 10.1. The van der Waals surface area contributed by atoms with Crippen molar-refractivity contribution in [2.45, 2.75) is 26.5 Å². The Labute approximate surface area is 289 Å². The predicted molar refractivity (Wildman–Crippen MR) is 189 cm³/mol. The summed E-state index contributed by atoms with van der Waals surface area (Å²) in [5, 5.41) is 0.542. The minimum atomic E-state index is -0.784. The van der Waals surface area contributed by atoms with Crippen LogP contribution in [0, 0.1) is 0 Å². The van der Waals surface area contributed by atoms with Gasteiger partial charge in [0.2, 0.25) is 0 Å². The zero-order chi connectivity index (χ0) is 32.9. The van der Waals surface area contributed by atoms with Crippen LogP contribution in [0.15, 0.2) is 117 Å². The Morgan fingerprint density at radius 1 is 0.936 bits per heavy atom. The highest BCUT2D eigenvalue weighted by atomic mass is 79.9. The standard InChI is InChI=1S/C37H30BrClN2O5S/c1-3-44-30-20-24(12-19-29(30)46-22-23-10-15-27(38)16-11-23)21-31-35(42)41-34(26-13-17-28(39)18-14-26)32(36(43)45-4-2)33(40-37(41)47-31)25-8-6-5-7-9-25/h5-21,34H,3-4,22H2,1-2H3/b31-21-/t34-/m1/s1. The van der Waals surface area contributed by atoms with Gasteiger partial charge in [-0.05, 0) is 73.0 Å². The normalized spacial score (nSPS) is 14.4. The molecule has 1 aliphatic rings. The molecule has 0 spiro atoms. The Hall–Kier alpha value is -4.44. The molecule has 10 heteroatoms. The quantitative estimate of drug-likeness (QED) is 0.141. The number of esters is 1. The monoisotopic (exact) mass is 728 g/mol. The van der Waals surface area contributed by atoms with Crippen LogP contribution in [0.25, 0.3) is 11.8 Å². The number of carbonyl (C=O) groups excluding carboxylic acids is 1. The number of thiazole rings is 1. The molecular weight excluding hydrogens is 700 g/mol. The third kappa shape index (κ3) is 7.12. The van der Waals surface area contributed by atoms with E-state index in [1.165, 1.54) is 11.3 Å². The van der Waals surface area contributed by atoms with Crippen LogP contribution < -0.4 is 24.4 Å². The maximum atomic E-state index is 14.2. The molecule has 0 fully saturated rings. The maximum absolute atomic E-state index is 14.2. The lowest BCUT2D eigenvalue weighted by atomic mass is 9.93. The summed E-state index contributed by atoms with van der Waals surface area (Å²) in [5.41, 5.74) is 3.69. The van der Waals surface area contributed by atoms with Crippen molar-refractivity contribution in [3.05, 3.63) is 154 Å². The van der Waals surface area contributed by atoms with Crippen molar-refractivity contribution in [1.82, 2.24) is 4.57 Å². The molecule has 0 saturated heterocycles. The van der Waals surface area contributed by atoms with Gasteiger partial charge in [0.05, 0.1) is 35.1 Å². The second-order valence-electron chi connectivity index (χ2n) is 10.5. The van der Waals surface area contributed by atoms with Gasteiger partial charge in [0.15, 0.2) is 16.3 Å². The smallest absolute Gasteiger partial charge is 0.338 e. The summed E-state index contributed by atoms with van der Waals surface area (Å²) in [6, 6.07) is 29.3. The van der Waals surface area contributed by atoms with E-state index < -0.39 is 12.0 Å². The zero-order valence-electron chi connectivity index (χ0n) is 25.6. The van der Waals surface area contributed by atoms with Crippen LogP contribution in [0.4, 0.5) is 0 Å². The number of ether oxygens (including phenoxy) is 3. The molecule has 6 rings (SSSR count). The number of fused-ring (bicyclic) bond motifs is 1. The van der Waals surface area contributed by atoms with E-state index in [1.54, 1.807) is 29.7 Å². The summed E-state index contributed by atoms with van der Waals surface area (Å²) >= 11 is 11.0. The van der Waals surface area contributed by atoms with Gasteiger partial charge in [0, 0.05) is 15.1 Å². The molecule has 0 amide bonds. The van der Waals surface area contributed by atoms with Crippen molar-refractivity contribution in [3.63, 3.8) is 0 Å². The molecule has 47 heavy (non-hydrogen) atoms. The zero-order valence-corrected chi connectivity index (χ0v) is 28.8. The van der Waals surface area contributed by atoms with Crippen LogP contribution in [-0.2, 0) is 16.1 Å². The number of nitrogens with zero attached hydrogens (tertiary/aromatic N) is 2. The number of rotatable bonds is 10.